The molecule has 1 saturated heterocycles. The van der Waals surface area contributed by atoms with E-state index in [4.69, 9.17) is 21.6 Å². The number of rotatable bonds is 8. The molecule has 1 aliphatic rings. The van der Waals surface area contributed by atoms with Crippen molar-refractivity contribution in [1.82, 2.24) is 0 Å². The van der Waals surface area contributed by atoms with Crippen molar-refractivity contribution in [1.29, 1.82) is 5.26 Å². The van der Waals surface area contributed by atoms with E-state index in [-0.39, 0.29) is 22.5 Å². The van der Waals surface area contributed by atoms with Gasteiger partial charge in [0.1, 0.15) is 0 Å². The molecule has 0 N–H and O–H groups in total. The first kappa shape index (κ1) is 21.7. The highest BCUT2D eigenvalue weighted by molar-refractivity contribution is 6.30. The van der Waals surface area contributed by atoms with Crippen LogP contribution in [0.4, 0.5) is 22.7 Å². The Labute approximate surface area is 179 Å². The number of halogens is 1. The Morgan fingerprint density at radius 3 is 2.73 bits per heavy atom. The number of hydrogen-bond acceptors (Lipinski definition) is 7. The molecule has 0 aromatic heterocycles. The summed E-state index contributed by atoms with van der Waals surface area (Å²) in [6.07, 6.45) is 2.68. The molecule has 0 aliphatic carbocycles. The lowest BCUT2D eigenvalue weighted by Gasteiger charge is -2.27. The van der Waals surface area contributed by atoms with Crippen LogP contribution in [0.5, 0.6) is 0 Å². The molecule has 1 unspecified atom stereocenters. The third-order valence-corrected chi connectivity index (χ3v) is 5.12. The summed E-state index contributed by atoms with van der Waals surface area (Å²) in [6, 6.07) is 12.2. The van der Waals surface area contributed by atoms with Gasteiger partial charge in [0.2, 0.25) is 0 Å². The molecular formula is C21H22ClN5O3. The molecule has 0 saturated carbocycles. The summed E-state index contributed by atoms with van der Waals surface area (Å²) in [5.41, 5.74) is 2.42. The van der Waals surface area contributed by atoms with Crippen molar-refractivity contribution in [3.8, 4) is 6.07 Å². The molecule has 0 bridgehead atoms. The zero-order valence-electron chi connectivity index (χ0n) is 16.6. The van der Waals surface area contributed by atoms with Crippen LogP contribution in [-0.4, -0.2) is 30.7 Å². The smallest absolute Gasteiger partial charge is 0.298 e. The van der Waals surface area contributed by atoms with Gasteiger partial charge in [0.05, 0.1) is 29.2 Å². The zero-order chi connectivity index (χ0) is 21.5. The summed E-state index contributed by atoms with van der Waals surface area (Å²) >= 11 is 5.84. The first-order chi connectivity index (χ1) is 14.5. The summed E-state index contributed by atoms with van der Waals surface area (Å²) in [5, 5.41) is 28.7. The van der Waals surface area contributed by atoms with Gasteiger partial charge in [0, 0.05) is 36.5 Å². The fraction of sp³-hybridized carbons (Fsp3) is 0.381. The summed E-state index contributed by atoms with van der Waals surface area (Å²) in [7, 11) is 0. The van der Waals surface area contributed by atoms with Crippen molar-refractivity contribution in [3.63, 3.8) is 0 Å². The van der Waals surface area contributed by atoms with E-state index >= 15 is 0 Å². The van der Waals surface area contributed by atoms with Gasteiger partial charge in [-0.05, 0) is 55.7 Å². The highest BCUT2D eigenvalue weighted by Crippen LogP contribution is 2.33. The molecule has 0 amide bonds. The maximum Gasteiger partial charge on any atom is 0.298 e. The number of nitro groups is 1. The predicted octanol–water partition coefficient (Wildman–Crippen LogP) is 5.87. The topological polar surface area (TPSA) is 104 Å². The first-order valence-electron chi connectivity index (χ1n) is 9.68. The molecular weight excluding hydrogens is 406 g/mol. The molecule has 2 aromatic carbocycles. The number of nitro benzene ring substituents is 1. The second kappa shape index (κ2) is 10.1. The molecule has 156 valence electrons. The Morgan fingerprint density at radius 2 is 2.07 bits per heavy atom. The lowest BCUT2D eigenvalue weighted by atomic mass is 10.1. The minimum Gasteiger partial charge on any atom is -0.376 e. The van der Waals surface area contributed by atoms with E-state index in [0.717, 1.165) is 37.2 Å². The number of azo groups is 1. The minimum atomic E-state index is -0.533. The highest BCUT2D eigenvalue weighted by Gasteiger charge is 2.20. The fourth-order valence-electron chi connectivity index (χ4n) is 3.33. The maximum absolute atomic E-state index is 11.2. The van der Waals surface area contributed by atoms with Crippen LogP contribution in [0.3, 0.4) is 0 Å². The Hall–Kier alpha value is -3.02. The van der Waals surface area contributed by atoms with Crippen LogP contribution in [-0.2, 0) is 4.74 Å². The number of nitrogens with zero attached hydrogens (tertiary/aromatic N) is 5. The molecule has 1 fully saturated rings. The number of benzene rings is 2. The third-order valence-electron chi connectivity index (χ3n) is 4.89. The number of anilines is 1. The second-order valence-corrected chi connectivity index (χ2v) is 7.49. The van der Waals surface area contributed by atoms with Gasteiger partial charge in [-0.1, -0.05) is 11.6 Å². The standard InChI is InChI=1S/C21H22ClN5O3/c1-15-12-17(26(10-3-9-23)14-18-4-2-11-30-18)6-8-19(15)24-25-20-7-5-16(22)13-21(20)27(28)29/h5-8,12-13,18H,2-4,10-11,14H2,1H3. The van der Waals surface area contributed by atoms with Crippen molar-refractivity contribution in [2.24, 2.45) is 10.2 Å². The molecule has 9 heteroatoms. The van der Waals surface area contributed by atoms with E-state index < -0.39 is 4.92 Å². The van der Waals surface area contributed by atoms with E-state index in [9.17, 15) is 10.1 Å². The molecule has 30 heavy (non-hydrogen) atoms. The minimum absolute atomic E-state index is 0.141. The van der Waals surface area contributed by atoms with Crippen molar-refractivity contribution >= 4 is 34.4 Å². The van der Waals surface area contributed by atoms with Crippen molar-refractivity contribution < 1.29 is 9.66 Å². The van der Waals surface area contributed by atoms with E-state index in [1.54, 1.807) is 0 Å². The van der Waals surface area contributed by atoms with E-state index in [1.807, 2.05) is 25.1 Å². The summed E-state index contributed by atoms with van der Waals surface area (Å²) in [6.45, 7) is 4.04. The molecule has 3 rings (SSSR count). The van der Waals surface area contributed by atoms with Crippen molar-refractivity contribution in [2.45, 2.75) is 32.3 Å². The molecule has 1 heterocycles. The second-order valence-electron chi connectivity index (χ2n) is 7.05. The van der Waals surface area contributed by atoms with Crippen LogP contribution >= 0.6 is 11.6 Å². The first-order valence-corrected chi connectivity index (χ1v) is 10.1. The number of aryl methyl sites for hydroxylation is 1. The van der Waals surface area contributed by atoms with Gasteiger partial charge in [-0.15, -0.1) is 5.11 Å². The number of nitriles is 1. The van der Waals surface area contributed by atoms with E-state index in [1.165, 1.54) is 18.2 Å². The van der Waals surface area contributed by atoms with Gasteiger partial charge in [0.15, 0.2) is 5.69 Å². The Bertz CT molecular complexity index is 983. The average molecular weight is 428 g/mol. The number of hydrogen-bond donors (Lipinski definition) is 0. The average Bonchev–Trinajstić information content (AvgIpc) is 3.24. The van der Waals surface area contributed by atoms with Crippen molar-refractivity contribution in [2.75, 3.05) is 24.6 Å². The third kappa shape index (κ3) is 5.53. The quantitative estimate of drug-likeness (QED) is 0.297. The number of ether oxygens (including phenoxy) is 1. The molecule has 1 aliphatic heterocycles. The predicted molar refractivity (Wildman–Crippen MR) is 115 cm³/mol. The molecule has 0 radical (unpaired) electrons. The Kier molecular flexibility index (Phi) is 7.33. The normalized spacial score (nSPS) is 16.0. The Morgan fingerprint density at radius 1 is 1.30 bits per heavy atom. The van der Waals surface area contributed by atoms with E-state index in [0.29, 0.717) is 18.7 Å². The van der Waals surface area contributed by atoms with Gasteiger partial charge in [-0.25, -0.2) is 0 Å². The summed E-state index contributed by atoms with van der Waals surface area (Å²) in [4.78, 5) is 12.8. The molecule has 0 spiro atoms. The van der Waals surface area contributed by atoms with Gasteiger partial charge in [-0.3, -0.25) is 10.1 Å². The fourth-order valence-corrected chi connectivity index (χ4v) is 3.49. The van der Waals surface area contributed by atoms with E-state index in [2.05, 4.69) is 21.2 Å². The lowest BCUT2D eigenvalue weighted by Crippen LogP contribution is -2.33. The Balaban J connectivity index is 1.80. The molecule has 1 atom stereocenters. The maximum atomic E-state index is 11.2. The monoisotopic (exact) mass is 427 g/mol. The van der Waals surface area contributed by atoms with Crippen LogP contribution in [0.1, 0.15) is 24.8 Å². The van der Waals surface area contributed by atoms with Gasteiger partial charge in [-0.2, -0.15) is 10.4 Å². The van der Waals surface area contributed by atoms with Crippen LogP contribution in [0.15, 0.2) is 46.6 Å². The summed E-state index contributed by atoms with van der Waals surface area (Å²) < 4.78 is 5.74. The summed E-state index contributed by atoms with van der Waals surface area (Å²) in [5.74, 6) is 0. The van der Waals surface area contributed by atoms with Crippen LogP contribution in [0, 0.1) is 28.4 Å². The highest BCUT2D eigenvalue weighted by atomic mass is 35.5. The molecule has 8 nitrogen and oxygen atoms in total. The van der Waals surface area contributed by atoms with Crippen LogP contribution in [0.25, 0.3) is 0 Å². The largest absolute Gasteiger partial charge is 0.376 e. The van der Waals surface area contributed by atoms with Crippen LogP contribution < -0.4 is 4.90 Å². The van der Waals surface area contributed by atoms with Crippen molar-refractivity contribution in [3.05, 3.63) is 57.1 Å². The van der Waals surface area contributed by atoms with Crippen LogP contribution in [0.2, 0.25) is 5.02 Å². The zero-order valence-corrected chi connectivity index (χ0v) is 17.4. The lowest BCUT2D eigenvalue weighted by molar-refractivity contribution is -0.384. The SMILES string of the molecule is Cc1cc(N(CCC#N)CC2CCCO2)ccc1N=Nc1ccc(Cl)cc1[N+](=O)[O-]. The van der Waals surface area contributed by atoms with Gasteiger partial charge >= 0.3 is 0 Å². The van der Waals surface area contributed by atoms with Gasteiger partial charge in [0.25, 0.3) is 5.69 Å². The van der Waals surface area contributed by atoms with Gasteiger partial charge < -0.3 is 9.64 Å². The molecule has 2 aromatic rings.